The van der Waals surface area contributed by atoms with Crippen molar-refractivity contribution in [3.05, 3.63) is 94.5 Å². The van der Waals surface area contributed by atoms with E-state index in [1.165, 1.54) is 28.8 Å². The smallest absolute Gasteiger partial charge is 0.322 e. The molecule has 1 aliphatic rings. The first kappa shape index (κ1) is 22.2. The van der Waals surface area contributed by atoms with Crippen molar-refractivity contribution in [1.82, 2.24) is 0 Å². The Morgan fingerprint density at radius 2 is 1.66 bits per heavy atom. The number of alkyl halides is 3. The molecule has 0 radical (unpaired) electrons. The minimum Gasteiger partial charge on any atom is -0.322 e. The van der Waals surface area contributed by atoms with Gasteiger partial charge in [-0.05, 0) is 54.1 Å². The van der Waals surface area contributed by atoms with Crippen molar-refractivity contribution in [3.63, 3.8) is 0 Å². The fourth-order valence-corrected chi connectivity index (χ4v) is 4.73. The average molecular weight is 477 g/mol. The van der Waals surface area contributed by atoms with Gasteiger partial charge in [-0.15, -0.1) is 11.8 Å². The molecule has 1 heterocycles. The summed E-state index contributed by atoms with van der Waals surface area (Å²) in [5, 5.41) is 2.73. The van der Waals surface area contributed by atoms with Crippen molar-refractivity contribution in [2.75, 3.05) is 16.0 Å². The molecule has 164 valence electrons. The number of halogens is 4. The van der Waals surface area contributed by atoms with Crippen molar-refractivity contribution < 1.29 is 22.8 Å². The Hall–Kier alpha value is -2.97. The topological polar surface area (TPSA) is 49.4 Å². The highest BCUT2D eigenvalue weighted by Gasteiger charge is 2.35. The standard InChI is InChI=1S/C23H16ClF3N2O2S/c24-19-4-2-1-3-18(19)21(31)28-16-9-5-14(6-10-16)22-29(20(30)13-32-22)17-11-7-15(8-12-17)23(25,26)27/h1-12,22H,13H2,(H,28,31). The van der Waals surface area contributed by atoms with Crippen molar-refractivity contribution in [1.29, 1.82) is 0 Å². The van der Waals surface area contributed by atoms with Crippen LogP contribution in [-0.2, 0) is 11.0 Å². The molecule has 3 aromatic carbocycles. The highest BCUT2D eigenvalue weighted by atomic mass is 35.5. The van der Waals surface area contributed by atoms with Crippen molar-refractivity contribution >= 4 is 46.6 Å². The summed E-state index contributed by atoms with van der Waals surface area (Å²) in [7, 11) is 0. The number of rotatable bonds is 4. The normalized spacial score (nSPS) is 16.3. The van der Waals surface area contributed by atoms with Crippen LogP contribution in [0, 0.1) is 0 Å². The van der Waals surface area contributed by atoms with Crippen molar-refractivity contribution in [2.45, 2.75) is 11.6 Å². The van der Waals surface area contributed by atoms with E-state index in [2.05, 4.69) is 5.32 Å². The van der Waals surface area contributed by atoms with Gasteiger partial charge in [-0.25, -0.2) is 0 Å². The van der Waals surface area contributed by atoms with Crippen LogP contribution < -0.4 is 10.2 Å². The number of hydrogen-bond acceptors (Lipinski definition) is 3. The first-order valence-electron chi connectivity index (χ1n) is 9.51. The van der Waals surface area contributed by atoms with Gasteiger partial charge in [-0.2, -0.15) is 13.2 Å². The zero-order valence-corrected chi connectivity index (χ0v) is 18.0. The molecule has 1 aliphatic heterocycles. The minimum atomic E-state index is -4.44. The summed E-state index contributed by atoms with van der Waals surface area (Å²) in [5.74, 6) is -0.313. The van der Waals surface area contributed by atoms with Crippen LogP contribution in [0.4, 0.5) is 24.5 Å². The van der Waals surface area contributed by atoms with E-state index in [0.29, 0.717) is 22.0 Å². The maximum absolute atomic E-state index is 12.9. The Kier molecular flexibility index (Phi) is 6.17. The Morgan fingerprint density at radius 3 is 2.28 bits per heavy atom. The number of thioether (sulfide) groups is 1. The summed E-state index contributed by atoms with van der Waals surface area (Å²) in [6.45, 7) is 0. The average Bonchev–Trinajstić information content (AvgIpc) is 3.15. The van der Waals surface area contributed by atoms with Crippen molar-refractivity contribution in [3.8, 4) is 0 Å². The summed E-state index contributed by atoms with van der Waals surface area (Å²) in [6.07, 6.45) is -4.44. The fourth-order valence-electron chi connectivity index (χ4n) is 3.34. The molecular formula is C23H16ClF3N2O2S. The first-order chi connectivity index (χ1) is 15.2. The lowest BCUT2D eigenvalue weighted by molar-refractivity contribution is -0.137. The second-order valence-corrected chi connectivity index (χ2v) is 8.50. The van der Waals surface area contributed by atoms with E-state index < -0.39 is 11.7 Å². The number of hydrogen-bond donors (Lipinski definition) is 1. The van der Waals surface area contributed by atoms with Gasteiger partial charge in [0.25, 0.3) is 5.91 Å². The van der Waals surface area contributed by atoms with Crippen LogP contribution in [0.2, 0.25) is 5.02 Å². The number of benzene rings is 3. The summed E-state index contributed by atoms with van der Waals surface area (Å²) in [5.41, 5.74) is 1.32. The van der Waals surface area contributed by atoms with E-state index in [1.54, 1.807) is 48.5 Å². The van der Waals surface area contributed by atoms with Crippen LogP contribution in [0.25, 0.3) is 0 Å². The molecular weight excluding hydrogens is 461 g/mol. The van der Waals surface area contributed by atoms with Crippen LogP contribution in [0.3, 0.4) is 0 Å². The van der Waals surface area contributed by atoms with Crippen LogP contribution in [-0.4, -0.2) is 17.6 Å². The van der Waals surface area contributed by atoms with Crippen LogP contribution in [0.15, 0.2) is 72.8 Å². The Balaban J connectivity index is 1.52. The Labute approximate surface area is 191 Å². The Bertz CT molecular complexity index is 1150. The van der Waals surface area contributed by atoms with Gasteiger partial charge in [0.1, 0.15) is 5.37 Å². The lowest BCUT2D eigenvalue weighted by Gasteiger charge is -2.25. The van der Waals surface area contributed by atoms with Gasteiger partial charge in [-0.1, -0.05) is 35.9 Å². The predicted molar refractivity (Wildman–Crippen MR) is 120 cm³/mol. The molecule has 4 nitrogen and oxygen atoms in total. The molecule has 9 heteroatoms. The molecule has 1 N–H and O–H groups in total. The van der Waals surface area contributed by atoms with Gasteiger partial charge >= 0.3 is 6.18 Å². The molecule has 1 fully saturated rings. The molecule has 32 heavy (non-hydrogen) atoms. The van der Waals surface area contributed by atoms with E-state index in [0.717, 1.165) is 17.7 Å². The van der Waals surface area contributed by atoms with E-state index in [1.807, 2.05) is 0 Å². The SMILES string of the molecule is O=C(Nc1ccc(C2SCC(=O)N2c2ccc(C(F)(F)F)cc2)cc1)c1ccccc1Cl. The molecule has 1 atom stereocenters. The second-order valence-electron chi connectivity index (χ2n) is 7.03. The number of carbonyl (C=O) groups excluding carboxylic acids is 2. The summed E-state index contributed by atoms with van der Waals surface area (Å²) in [4.78, 5) is 26.4. The molecule has 2 amide bonds. The molecule has 0 aliphatic carbocycles. The maximum Gasteiger partial charge on any atom is 0.416 e. The molecule has 1 saturated heterocycles. The molecule has 0 spiro atoms. The quantitative estimate of drug-likeness (QED) is 0.474. The number of anilines is 2. The number of nitrogens with one attached hydrogen (secondary N) is 1. The number of carbonyl (C=O) groups is 2. The number of amides is 2. The van der Waals surface area contributed by atoms with Gasteiger partial charge in [0.05, 0.1) is 21.9 Å². The summed E-state index contributed by atoms with van der Waals surface area (Å²) in [6, 6.07) is 18.2. The van der Waals surface area contributed by atoms with E-state index in [-0.39, 0.29) is 22.9 Å². The van der Waals surface area contributed by atoms with Crippen LogP contribution in [0.5, 0.6) is 0 Å². The highest BCUT2D eigenvalue weighted by molar-refractivity contribution is 8.00. The van der Waals surface area contributed by atoms with E-state index in [9.17, 15) is 22.8 Å². The maximum atomic E-state index is 12.9. The first-order valence-corrected chi connectivity index (χ1v) is 10.9. The molecule has 4 rings (SSSR count). The highest BCUT2D eigenvalue weighted by Crippen LogP contribution is 2.42. The molecule has 0 bridgehead atoms. The van der Waals surface area contributed by atoms with Gasteiger partial charge in [-0.3, -0.25) is 14.5 Å². The second kappa shape index (κ2) is 8.88. The largest absolute Gasteiger partial charge is 0.416 e. The summed E-state index contributed by atoms with van der Waals surface area (Å²) < 4.78 is 38.6. The summed E-state index contributed by atoms with van der Waals surface area (Å²) >= 11 is 7.44. The number of nitrogens with zero attached hydrogens (tertiary/aromatic N) is 1. The third-order valence-corrected chi connectivity index (χ3v) is 6.45. The molecule has 0 aromatic heterocycles. The Morgan fingerprint density at radius 1 is 1.00 bits per heavy atom. The predicted octanol–water partition coefficient (Wildman–Crippen LogP) is 6.39. The van der Waals surface area contributed by atoms with Crippen molar-refractivity contribution in [2.24, 2.45) is 0 Å². The van der Waals surface area contributed by atoms with Crippen LogP contribution >= 0.6 is 23.4 Å². The van der Waals surface area contributed by atoms with E-state index in [4.69, 9.17) is 11.6 Å². The molecule has 1 unspecified atom stereocenters. The third-order valence-electron chi connectivity index (χ3n) is 4.91. The lowest BCUT2D eigenvalue weighted by atomic mass is 10.1. The van der Waals surface area contributed by atoms with Gasteiger partial charge < -0.3 is 5.32 Å². The minimum absolute atomic E-state index is 0.184. The third kappa shape index (κ3) is 4.61. The lowest BCUT2D eigenvalue weighted by Crippen LogP contribution is -2.27. The zero-order valence-electron chi connectivity index (χ0n) is 16.4. The van der Waals surface area contributed by atoms with Gasteiger partial charge in [0.2, 0.25) is 5.91 Å². The monoisotopic (exact) mass is 476 g/mol. The van der Waals surface area contributed by atoms with E-state index >= 15 is 0 Å². The van der Waals surface area contributed by atoms with Gasteiger partial charge in [0.15, 0.2) is 0 Å². The zero-order chi connectivity index (χ0) is 22.9. The molecule has 3 aromatic rings. The molecule has 0 saturated carbocycles. The fraction of sp³-hybridized carbons (Fsp3) is 0.130. The van der Waals surface area contributed by atoms with Gasteiger partial charge in [0, 0.05) is 11.4 Å². The van der Waals surface area contributed by atoms with Crippen LogP contribution in [0.1, 0.15) is 26.9 Å².